The lowest BCUT2D eigenvalue weighted by molar-refractivity contribution is -0.118. The van der Waals surface area contributed by atoms with Crippen molar-refractivity contribution in [2.75, 3.05) is 10.7 Å². The largest absolute Gasteiger partial charge is 0.298 e. The molecule has 2 heterocycles. The summed E-state index contributed by atoms with van der Waals surface area (Å²) in [4.78, 5) is 38.5. The van der Waals surface area contributed by atoms with Crippen LogP contribution in [0.5, 0.6) is 0 Å². The average molecular weight is 492 g/mol. The third kappa shape index (κ3) is 4.50. The van der Waals surface area contributed by atoms with Crippen molar-refractivity contribution in [2.45, 2.75) is 17.1 Å². The minimum atomic E-state index is -3.77. The fourth-order valence-electron chi connectivity index (χ4n) is 3.43. The third-order valence-electron chi connectivity index (χ3n) is 4.90. The van der Waals surface area contributed by atoms with Gasteiger partial charge in [0.15, 0.2) is 15.6 Å². The van der Waals surface area contributed by atoms with Crippen molar-refractivity contribution in [3.05, 3.63) is 81.4 Å². The van der Waals surface area contributed by atoms with Crippen LogP contribution in [0.25, 0.3) is 0 Å². The van der Waals surface area contributed by atoms with E-state index in [1.165, 1.54) is 36.4 Å². The highest BCUT2D eigenvalue weighted by atomic mass is 35.5. The fourth-order valence-corrected chi connectivity index (χ4v) is 6.24. The van der Waals surface area contributed by atoms with Gasteiger partial charge in [0.2, 0.25) is 5.91 Å². The molecule has 10 heteroatoms. The van der Waals surface area contributed by atoms with E-state index < -0.39 is 39.0 Å². The molecule has 0 spiro atoms. The number of Topliss-reactive ketones (excluding diaryl/α,β-unsaturated/α-hetero) is 1. The second-order valence-corrected chi connectivity index (χ2v) is 11.1. The zero-order chi connectivity index (χ0) is 23.0. The summed E-state index contributed by atoms with van der Waals surface area (Å²) in [6.07, 6.45) is -0.166. The Hall–Kier alpha value is -2.88. The second kappa shape index (κ2) is 8.57. The summed E-state index contributed by atoms with van der Waals surface area (Å²) in [5.41, 5.74) is 1.41. The van der Waals surface area contributed by atoms with E-state index >= 15 is 0 Å². The Morgan fingerprint density at radius 3 is 2.44 bits per heavy atom. The molecule has 0 N–H and O–H groups in total. The molecule has 3 aromatic rings. The Bertz CT molecular complexity index is 1350. The predicted molar refractivity (Wildman–Crippen MR) is 118 cm³/mol. The van der Waals surface area contributed by atoms with Crippen molar-refractivity contribution in [3.8, 4) is 0 Å². The number of carbonyl (C=O) groups excluding carboxylic acids is 3. The van der Waals surface area contributed by atoms with Gasteiger partial charge in [0.1, 0.15) is 15.8 Å². The van der Waals surface area contributed by atoms with Crippen molar-refractivity contribution in [1.82, 2.24) is 0 Å². The molecule has 1 aromatic heterocycles. The smallest absolute Gasteiger partial charge is 0.265 e. The van der Waals surface area contributed by atoms with Crippen LogP contribution in [0.2, 0.25) is 4.34 Å². The van der Waals surface area contributed by atoms with Gasteiger partial charge in [0, 0.05) is 12.0 Å². The molecule has 0 saturated carbocycles. The van der Waals surface area contributed by atoms with Gasteiger partial charge in [0.25, 0.3) is 5.91 Å². The number of thiophene rings is 1. The number of rotatable bonds is 6. The van der Waals surface area contributed by atoms with Crippen LogP contribution in [0.15, 0.2) is 58.8 Å². The molecule has 0 atom stereocenters. The maximum absolute atomic E-state index is 13.6. The topological polar surface area (TPSA) is 88.6 Å². The lowest BCUT2D eigenvalue weighted by atomic mass is 9.97. The van der Waals surface area contributed by atoms with Gasteiger partial charge in [-0.25, -0.2) is 17.7 Å². The summed E-state index contributed by atoms with van der Waals surface area (Å²) in [7, 11) is -3.77. The third-order valence-corrected chi connectivity index (χ3v) is 8.39. The summed E-state index contributed by atoms with van der Waals surface area (Å²) >= 11 is 6.66. The number of carbonyl (C=O) groups is 3. The highest BCUT2D eigenvalue weighted by Crippen LogP contribution is 2.28. The lowest BCUT2D eigenvalue weighted by Gasteiger charge is -2.27. The molecule has 1 aliphatic rings. The number of nitrogens with zero attached hydrogens (tertiary/aromatic N) is 1. The molecule has 0 bridgehead atoms. The molecule has 1 aliphatic heterocycles. The van der Waals surface area contributed by atoms with E-state index in [1.807, 2.05) is 0 Å². The van der Waals surface area contributed by atoms with Gasteiger partial charge < -0.3 is 0 Å². The van der Waals surface area contributed by atoms with Crippen LogP contribution < -0.4 is 4.90 Å². The number of imide groups is 1. The zero-order valence-corrected chi connectivity index (χ0v) is 18.8. The van der Waals surface area contributed by atoms with Crippen LogP contribution in [0.4, 0.5) is 10.1 Å². The molecule has 0 unspecified atom stereocenters. The van der Waals surface area contributed by atoms with Gasteiger partial charge in [-0.3, -0.25) is 14.4 Å². The van der Waals surface area contributed by atoms with Crippen LogP contribution >= 0.6 is 22.9 Å². The van der Waals surface area contributed by atoms with Gasteiger partial charge in [0.05, 0.1) is 16.4 Å². The van der Waals surface area contributed by atoms with E-state index in [-0.39, 0.29) is 28.3 Å². The minimum absolute atomic E-state index is 0.0324. The van der Waals surface area contributed by atoms with Crippen molar-refractivity contribution < 1.29 is 27.2 Å². The van der Waals surface area contributed by atoms with E-state index in [2.05, 4.69) is 0 Å². The number of sulfone groups is 1. The number of fused-ring (bicyclic) bond motifs is 1. The van der Waals surface area contributed by atoms with E-state index in [0.29, 0.717) is 15.5 Å². The van der Waals surface area contributed by atoms with Gasteiger partial charge in [-0.05, 0) is 47.5 Å². The Morgan fingerprint density at radius 2 is 1.78 bits per heavy atom. The number of anilines is 1. The second-order valence-electron chi connectivity index (χ2n) is 7.21. The molecular formula is C22H15ClFNO5S2. The maximum Gasteiger partial charge on any atom is 0.265 e. The molecule has 0 aliphatic carbocycles. The maximum atomic E-state index is 13.6. The first-order valence-corrected chi connectivity index (χ1v) is 12.2. The number of hydrogen-bond donors (Lipinski definition) is 0. The van der Waals surface area contributed by atoms with Crippen LogP contribution in [0.3, 0.4) is 0 Å². The molecule has 2 aromatic carbocycles. The molecule has 0 radical (unpaired) electrons. The van der Waals surface area contributed by atoms with Crippen LogP contribution in [0, 0.1) is 5.82 Å². The minimum Gasteiger partial charge on any atom is -0.298 e. The molecule has 6 nitrogen and oxygen atoms in total. The van der Waals surface area contributed by atoms with E-state index in [9.17, 15) is 27.2 Å². The van der Waals surface area contributed by atoms with E-state index in [0.717, 1.165) is 22.3 Å². The van der Waals surface area contributed by atoms with Crippen molar-refractivity contribution in [1.29, 1.82) is 0 Å². The standard InChI is InChI=1S/C22H15ClFNO5S2/c23-19-7-8-21(31-19)32(29,30)12-17(26)9-13-1-5-16(6-2-13)25-20(27)10-14-3-4-15(24)11-18(14)22(25)28/h1-8,11H,9-10,12H2. The van der Waals surface area contributed by atoms with E-state index in [1.54, 1.807) is 12.1 Å². The molecular weight excluding hydrogens is 477 g/mol. The molecule has 0 saturated heterocycles. The Kier molecular flexibility index (Phi) is 5.98. The summed E-state index contributed by atoms with van der Waals surface area (Å²) in [6, 6.07) is 12.6. The average Bonchev–Trinajstić information content (AvgIpc) is 3.17. The first-order chi connectivity index (χ1) is 15.1. The number of amides is 2. The van der Waals surface area contributed by atoms with Crippen LogP contribution in [-0.2, 0) is 32.3 Å². The zero-order valence-electron chi connectivity index (χ0n) is 16.4. The molecule has 164 valence electrons. The lowest BCUT2D eigenvalue weighted by Crippen LogP contribution is -2.42. The summed E-state index contributed by atoms with van der Waals surface area (Å²) in [5.74, 6) is -2.80. The Balaban J connectivity index is 1.48. The quantitative estimate of drug-likeness (QED) is 0.488. The van der Waals surface area contributed by atoms with Gasteiger partial charge in [-0.1, -0.05) is 29.8 Å². The molecule has 4 rings (SSSR count). The van der Waals surface area contributed by atoms with Crippen molar-refractivity contribution >= 4 is 56.1 Å². The van der Waals surface area contributed by atoms with Crippen LogP contribution in [0.1, 0.15) is 21.5 Å². The first-order valence-electron chi connectivity index (χ1n) is 9.38. The fraction of sp³-hybridized carbons (Fsp3) is 0.136. The van der Waals surface area contributed by atoms with Crippen molar-refractivity contribution in [3.63, 3.8) is 0 Å². The predicted octanol–water partition coefficient (Wildman–Crippen LogP) is 3.86. The van der Waals surface area contributed by atoms with Gasteiger partial charge in [-0.15, -0.1) is 11.3 Å². The monoisotopic (exact) mass is 491 g/mol. The van der Waals surface area contributed by atoms with Crippen LogP contribution in [-0.4, -0.2) is 31.8 Å². The molecule has 32 heavy (non-hydrogen) atoms. The normalized spacial score (nSPS) is 13.9. The van der Waals surface area contributed by atoms with Gasteiger partial charge >= 0.3 is 0 Å². The van der Waals surface area contributed by atoms with Gasteiger partial charge in [-0.2, -0.15) is 0 Å². The number of halogens is 2. The number of hydrogen-bond acceptors (Lipinski definition) is 6. The van der Waals surface area contributed by atoms with E-state index in [4.69, 9.17) is 11.6 Å². The summed E-state index contributed by atoms with van der Waals surface area (Å²) < 4.78 is 38.6. The first kappa shape index (κ1) is 22.3. The molecule has 0 fully saturated rings. The van der Waals surface area contributed by atoms with Crippen molar-refractivity contribution in [2.24, 2.45) is 0 Å². The highest BCUT2D eigenvalue weighted by molar-refractivity contribution is 7.94. The Labute approximate surface area is 192 Å². The highest BCUT2D eigenvalue weighted by Gasteiger charge is 2.32. The SMILES string of the molecule is O=C(Cc1ccc(N2C(=O)Cc3ccc(F)cc3C2=O)cc1)CS(=O)(=O)c1ccc(Cl)s1. The molecule has 2 amide bonds. The summed E-state index contributed by atoms with van der Waals surface area (Å²) in [5, 5.41) is 0. The number of ketones is 1. The summed E-state index contributed by atoms with van der Waals surface area (Å²) in [6.45, 7) is 0. The number of benzene rings is 2. The Morgan fingerprint density at radius 1 is 1.06 bits per heavy atom.